The van der Waals surface area contributed by atoms with Gasteiger partial charge in [0.2, 0.25) is 11.9 Å². The summed E-state index contributed by atoms with van der Waals surface area (Å²) in [6.45, 7) is 4.82. The molecule has 100 valence electrons. The summed E-state index contributed by atoms with van der Waals surface area (Å²) in [6.07, 6.45) is 5.93. The molecular weight excluding hydrogens is 242 g/mol. The highest BCUT2D eigenvalue weighted by molar-refractivity contribution is 5.40. The van der Waals surface area contributed by atoms with Crippen molar-refractivity contribution >= 4 is 11.9 Å². The maximum Gasteiger partial charge on any atom is 0.257 e. The van der Waals surface area contributed by atoms with Crippen molar-refractivity contribution < 1.29 is 0 Å². The zero-order chi connectivity index (χ0) is 13.1. The van der Waals surface area contributed by atoms with E-state index in [-0.39, 0.29) is 0 Å². The van der Waals surface area contributed by atoms with Gasteiger partial charge in [0.1, 0.15) is 0 Å². The van der Waals surface area contributed by atoms with Crippen molar-refractivity contribution in [3.63, 3.8) is 0 Å². The van der Waals surface area contributed by atoms with Crippen LogP contribution in [0.3, 0.4) is 0 Å². The molecule has 2 aromatic rings. The molecule has 1 aliphatic heterocycles. The van der Waals surface area contributed by atoms with E-state index in [0.717, 1.165) is 25.6 Å². The van der Waals surface area contributed by atoms with E-state index in [1.54, 1.807) is 10.9 Å². The number of nitrogens with one attached hydrogen (secondary N) is 1. The standard InChI is InChI=1S/C12H17N7/c1-2-13-10-15-11(18-7-3-4-8-18)17-12(16-10)19-9-5-6-14-19/h5-6,9H,2-4,7-8H2,1H3,(H,13,15,16,17). The minimum atomic E-state index is 0.554. The lowest BCUT2D eigenvalue weighted by molar-refractivity contribution is 0.779. The molecule has 0 bridgehead atoms. The second-order valence-corrected chi connectivity index (χ2v) is 4.43. The Morgan fingerprint density at radius 2 is 1.95 bits per heavy atom. The summed E-state index contributed by atoms with van der Waals surface area (Å²) in [6, 6.07) is 1.85. The van der Waals surface area contributed by atoms with Gasteiger partial charge >= 0.3 is 0 Å². The number of nitrogens with zero attached hydrogens (tertiary/aromatic N) is 6. The van der Waals surface area contributed by atoms with E-state index in [2.05, 4.69) is 30.3 Å². The van der Waals surface area contributed by atoms with Gasteiger partial charge in [-0.25, -0.2) is 4.68 Å². The Kier molecular flexibility index (Phi) is 3.26. The lowest BCUT2D eigenvalue weighted by atomic mass is 10.4. The van der Waals surface area contributed by atoms with Gasteiger partial charge in [-0.15, -0.1) is 0 Å². The van der Waals surface area contributed by atoms with Gasteiger partial charge < -0.3 is 10.2 Å². The molecule has 0 atom stereocenters. The minimum absolute atomic E-state index is 0.554. The molecule has 7 nitrogen and oxygen atoms in total. The first-order valence-corrected chi connectivity index (χ1v) is 6.62. The van der Waals surface area contributed by atoms with Gasteiger partial charge in [-0.3, -0.25) is 0 Å². The Morgan fingerprint density at radius 3 is 2.63 bits per heavy atom. The highest BCUT2D eigenvalue weighted by Gasteiger charge is 2.17. The number of anilines is 2. The summed E-state index contributed by atoms with van der Waals surface area (Å²) in [5.74, 6) is 1.89. The minimum Gasteiger partial charge on any atom is -0.354 e. The third kappa shape index (κ3) is 2.49. The smallest absolute Gasteiger partial charge is 0.257 e. The molecule has 0 radical (unpaired) electrons. The van der Waals surface area contributed by atoms with Gasteiger partial charge in [0.25, 0.3) is 5.95 Å². The van der Waals surface area contributed by atoms with Crippen LogP contribution in [0.15, 0.2) is 18.5 Å². The van der Waals surface area contributed by atoms with Gasteiger partial charge in [0.15, 0.2) is 0 Å². The van der Waals surface area contributed by atoms with Crippen molar-refractivity contribution in [3.8, 4) is 5.95 Å². The van der Waals surface area contributed by atoms with Gasteiger partial charge in [-0.1, -0.05) is 0 Å². The lowest BCUT2D eigenvalue weighted by Crippen LogP contribution is -2.22. The van der Waals surface area contributed by atoms with Crippen molar-refractivity contribution in [1.82, 2.24) is 24.7 Å². The van der Waals surface area contributed by atoms with Gasteiger partial charge in [0.05, 0.1) is 0 Å². The first-order valence-electron chi connectivity index (χ1n) is 6.62. The molecule has 3 heterocycles. The van der Waals surface area contributed by atoms with E-state index in [9.17, 15) is 0 Å². The maximum atomic E-state index is 4.50. The second-order valence-electron chi connectivity index (χ2n) is 4.43. The number of rotatable bonds is 4. The van der Waals surface area contributed by atoms with Crippen LogP contribution in [0.1, 0.15) is 19.8 Å². The predicted molar refractivity (Wildman–Crippen MR) is 72.6 cm³/mol. The average molecular weight is 259 g/mol. The Balaban J connectivity index is 1.98. The predicted octanol–water partition coefficient (Wildman–Crippen LogP) is 1.09. The maximum absolute atomic E-state index is 4.50. The number of hydrogen-bond donors (Lipinski definition) is 1. The zero-order valence-electron chi connectivity index (χ0n) is 11.0. The van der Waals surface area contributed by atoms with E-state index in [0.29, 0.717) is 11.9 Å². The largest absolute Gasteiger partial charge is 0.354 e. The Morgan fingerprint density at radius 1 is 1.16 bits per heavy atom. The molecule has 0 unspecified atom stereocenters. The molecule has 0 aromatic carbocycles. The highest BCUT2D eigenvalue weighted by atomic mass is 15.4. The third-order valence-corrected chi connectivity index (χ3v) is 3.04. The van der Waals surface area contributed by atoms with Crippen molar-refractivity contribution in [2.75, 3.05) is 29.9 Å². The molecular formula is C12H17N7. The van der Waals surface area contributed by atoms with E-state index in [1.165, 1.54) is 12.8 Å². The summed E-state index contributed by atoms with van der Waals surface area (Å²) in [7, 11) is 0. The zero-order valence-corrected chi connectivity index (χ0v) is 11.0. The first kappa shape index (κ1) is 11.9. The van der Waals surface area contributed by atoms with E-state index in [1.807, 2.05) is 19.2 Å². The normalized spacial score (nSPS) is 14.9. The number of aromatic nitrogens is 5. The summed E-state index contributed by atoms with van der Waals surface area (Å²) in [5.41, 5.74) is 0. The van der Waals surface area contributed by atoms with E-state index >= 15 is 0 Å². The van der Waals surface area contributed by atoms with Crippen molar-refractivity contribution in [2.24, 2.45) is 0 Å². The van der Waals surface area contributed by atoms with Crippen LogP contribution in [0.2, 0.25) is 0 Å². The quantitative estimate of drug-likeness (QED) is 0.886. The summed E-state index contributed by atoms with van der Waals surface area (Å²) in [4.78, 5) is 15.5. The Bertz CT molecular complexity index is 531. The van der Waals surface area contributed by atoms with Crippen LogP contribution in [0, 0.1) is 0 Å². The molecule has 0 saturated carbocycles. The summed E-state index contributed by atoms with van der Waals surface area (Å²) < 4.78 is 1.65. The van der Waals surface area contributed by atoms with Crippen LogP contribution in [0.4, 0.5) is 11.9 Å². The van der Waals surface area contributed by atoms with E-state index < -0.39 is 0 Å². The molecule has 1 aliphatic rings. The van der Waals surface area contributed by atoms with Gasteiger partial charge in [-0.2, -0.15) is 20.1 Å². The SMILES string of the molecule is CCNc1nc(N2CCCC2)nc(-n2cccn2)n1. The van der Waals surface area contributed by atoms with Gasteiger partial charge in [-0.05, 0) is 25.8 Å². The van der Waals surface area contributed by atoms with Crippen molar-refractivity contribution in [3.05, 3.63) is 18.5 Å². The molecule has 2 aromatic heterocycles. The molecule has 0 aliphatic carbocycles. The fourth-order valence-electron chi connectivity index (χ4n) is 2.14. The van der Waals surface area contributed by atoms with E-state index in [4.69, 9.17) is 0 Å². The monoisotopic (exact) mass is 259 g/mol. The van der Waals surface area contributed by atoms with Crippen LogP contribution in [-0.2, 0) is 0 Å². The average Bonchev–Trinajstić information content (AvgIpc) is 3.12. The molecule has 19 heavy (non-hydrogen) atoms. The number of hydrogen-bond acceptors (Lipinski definition) is 6. The van der Waals surface area contributed by atoms with Crippen LogP contribution < -0.4 is 10.2 Å². The molecule has 0 amide bonds. The fourth-order valence-corrected chi connectivity index (χ4v) is 2.14. The fraction of sp³-hybridized carbons (Fsp3) is 0.500. The Labute approximate surface area is 111 Å². The second kappa shape index (κ2) is 5.21. The van der Waals surface area contributed by atoms with Crippen molar-refractivity contribution in [2.45, 2.75) is 19.8 Å². The van der Waals surface area contributed by atoms with Crippen LogP contribution in [0.5, 0.6) is 0 Å². The summed E-state index contributed by atoms with van der Waals surface area (Å²) >= 11 is 0. The highest BCUT2D eigenvalue weighted by Crippen LogP contribution is 2.17. The topological polar surface area (TPSA) is 71.8 Å². The van der Waals surface area contributed by atoms with Crippen LogP contribution in [-0.4, -0.2) is 44.4 Å². The van der Waals surface area contributed by atoms with Crippen LogP contribution in [0.25, 0.3) is 5.95 Å². The lowest BCUT2D eigenvalue weighted by Gasteiger charge is -2.16. The molecule has 1 saturated heterocycles. The molecule has 7 heteroatoms. The molecule has 1 N–H and O–H groups in total. The third-order valence-electron chi connectivity index (χ3n) is 3.04. The van der Waals surface area contributed by atoms with Gasteiger partial charge in [0, 0.05) is 32.0 Å². The van der Waals surface area contributed by atoms with Crippen molar-refractivity contribution in [1.29, 1.82) is 0 Å². The molecule has 0 spiro atoms. The first-order chi connectivity index (χ1) is 9.36. The molecule has 3 rings (SSSR count). The molecule has 1 fully saturated rings. The van der Waals surface area contributed by atoms with Crippen LogP contribution >= 0.6 is 0 Å². The summed E-state index contributed by atoms with van der Waals surface area (Å²) in [5, 5.41) is 7.32. The Hall–Kier alpha value is -2.18.